The second kappa shape index (κ2) is 56.8. The standard InChI is InChI=1S/C70H111NO8/c1-3-5-7-9-11-13-15-17-19-20-21-22-23-24-25-26-27-28-29-30-31-32-33-34-35-36-37-38-39-40-41-42-43-44-46-48-50-52-54-56-58-60-66(74)71-63(62-78-70-69(77)68(76)67(75)65(61-72)79-70)64(73)59-57-55-53-51-49-47-45-18-16-14-12-10-8-6-4-2/h5,7,11,13,16-19,21-22,24-25,27-28,30-31,33-34,36-37,39-40,42-43,49,51,57,59,63-65,67-70,72-73,75-77H,3-4,6,8-10,12,14-15,20,23,26,29,32,35,38,41,44-48,50,52-56,58,60-62H2,1-2H3,(H,71,74)/b7-5-,13-11-,18-16+,19-17-,22-21-,25-24-,28-27-,31-30-,34-33-,37-36-,40-39-,43-42-,51-49+,59-57+. The molecular formula is C70H111NO8. The van der Waals surface area contributed by atoms with Crippen LogP contribution < -0.4 is 5.32 Å². The third-order valence-corrected chi connectivity index (χ3v) is 13.3. The number of ether oxygens (including phenoxy) is 2. The summed E-state index contributed by atoms with van der Waals surface area (Å²) in [5.74, 6) is -0.211. The molecular weight excluding hydrogens is 983 g/mol. The lowest BCUT2D eigenvalue weighted by molar-refractivity contribution is -0.302. The molecule has 0 aromatic rings. The van der Waals surface area contributed by atoms with Crippen LogP contribution in [0.15, 0.2) is 170 Å². The fourth-order valence-corrected chi connectivity index (χ4v) is 8.43. The number of carbonyl (C=O) groups is 1. The Bertz CT molecular complexity index is 1840. The van der Waals surface area contributed by atoms with Crippen LogP contribution >= 0.6 is 0 Å². The van der Waals surface area contributed by atoms with E-state index in [1.54, 1.807) is 6.08 Å². The molecule has 9 nitrogen and oxygen atoms in total. The van der Waals surface area contributed by atoms with Crippen molar-refractivity contribution in [2.45, 2.75) is 249 Å². The smallest absolute Gasteiger partial charge is 0.220 e. The van der Waals surface area contributed by atoms with E-state index in [0.717, 1.165) is 135 Å². The normalized spacial score (nSPS) is 19.8. The first kappa shape index (κ1) is 72.6. The molecule has 1 fully saturated rings. The second-order valence-corrected chi connectivity index (χ2v) is 20.4. The number of hydrogen-bond acceptors (Lipinski definition) is 8. The molecule has 9 heteroatoms. The van der Waals surface area contributed by atoms with Gasteiger partial charge in [-0.3, -0.25) is 4.79 Å². The van der Waals surface area contributed by atoms with Gasteiger partial charge in [-0.05, 0) is 128 Å². The van der Waals surface area contributed by atoms with Crippen molar-refractivity contribution >= 4 is 5.91 Å². The van der Waals surface area contributed by atoms with Crippen LogP contribution in [0.25, 0.3) is 0 Å². The Morgan fingerprint density at radius 3 is 1.22 bits per heavy atom. The van der Waals surface area contributed by atoms with E-state index in [1.165, 1.54) is 51.4 Å². The van der Waals surface area contributed by atoms with Crippen molar-refractivity contribution in [1.29, 1.82) is 0 Å². The van der Waals surface area contributed by atoms with Gasteiger partial charge in [0.25, 0.3) is 0 Å². The van der Waals surface area contributed by atoms with Crippen molar-refractivity contribution in [2.24, 2.45) is 0 Å². The molecule has 1 amide bonds. The summed E-state index contributed by atoms with van der Waals surface area (Å²) in [6.07, 6.45) is 84.3. The molecule has 0 radical (unpaired) electrons. The Labute approximate surface area is 481 Å². The summed E-state index contributed by atoms with van der Waals surface area (Å²) in [4.78, 5) is 13.1. The first-order valence-electron chi connectivity index (χ1n) is 30.9. The summed E-state index contributed by atoms with van der Waals surface area (Å²) in [5, 5.41) is 54.4. The van der Waals surface area contributed by atoms with Gasteiger partial charge in [0.05, 0.1) is 25.4 Å². The third-order valence-electron chi connectivity index (χ3n) is 13.3. The first-order chi connectivity index (χ1) is 38.8. The molecule has 0 bridgehead atoms. The monoisotopic (exact) mass is 1090 g/mol. The van der Waals surface area contributed by atoms with Gasteiger partial charge in [0.1, 0.15) is 24.4 Å². The van der Waals surface area contributed by atoms with E-state index in [1.807, 2.05) is 6.08 Å². The highest BCUT2D eigenvalue weighted by atomic mass is 16.7. The van der Waals surface area contributed by atoms with Gasteiger partial charge >= 0.3 is 0 Å². The van der Waals surface area contributed by atoms with E-state index in [9.17, 15) is 30.3 Å². The molecule has 1 saturated heterocycles. The SMILES string of the molecule is CC/C=C\C/C=C\C/C=C\C/C=C\C/C=C\C/C=C\C/C=C\C/C=C\C/C=C\C/C=C\C/C=C\CCCCCCCCCC(=O)NC(COC1OC(CO)C(O)C(O)C1O)C(O)/C=C/CC/C=C/CC/C=C/CCCCCCC. The van der Waals surface area contributed by atoms with Crippen LogP contribution in [0.3, 0.4) is 0 Å². The second-order valence-electron chi connectivity index (χ2n) is 20.4. The van der Waals surface area contributed by atoms with Crippen molar-refractivity contribution < 1.29 is 39.8 Å². The summed E-state index contributed by atoms with van der Waals surface area (Å²) >= 11 is 0. The zero-order chi connectivity index (χ0) is 57.2. The molecule has 1 aliphatic rings. The molecule has 0 spiro atoms. The van der Waals surface area contributed by atoms with Gasteiger partial charge in [0.2, 0.25) is 5.91 Å². The number of aliphatic hydroxyl groups is 5. The zero-order valence-corrected chi connectivity index (χ0v) is 49.3. The number of carbonyl (C=O) groups excluding carboxylic acids is 1. The third kappa shape index (κ3) is 45.9. The molecule has 7 atom stereocenters. The van der Waals surface area contributed by atoms with E-state index in [0.29, 0.717) is 6.42 Å². The average molecular weight is 1090 g/mol. The van der Waals surface area contributed by atoms with Crippen LogP contribution in [0.1, 0.15) is 206 Å². The van der Waals surface area contributed by atoms with Crippen molar-refractivity contribution in [3.05, 3.63) is 170 Å². The molecule has 0 aromatic carbocycles. The van der Waals surface area contributed by atoms with Crippen LogP contribution in [0.4, 0.5) is 0 Å². The minimum Gasteiger partial charge on any atom is -0.394 e. The summed E-state index contributed by atoms with van der Waals surface area (Å²) in [6.45, 7) is 3.60. The maximum absolute atomic E-state index is 13.1. The number of hydrogen-bond donors (Lipinski definition) is 6. The maximum atomic E-state index is 13.1. The van der Waals surface area contributed by atoms with E-state index in [4.69, 9.17) is 9.47 Å². The van der Waals surface area contributed by atoms with Gasteiger partial charge < -0.3 is 40.3 Å². The molecule has 1 rings (SSSR count). The van der Waals surface area contributed by atoms with Crippen LogP contribution in [0, 0.1) is 0 Å². The van der Waals surface area contributed by atoms with E-state index >= 15 is 0 Å². The topological polar surface area (TPSA) is 149 Å². The Morgan fingerprint density at radius 1 is 0.443 bits per heavy atom. The van der Waals surface area contributed by atoms with Crippen molar-refractivity contribution in [3.63, 3.8) is 0 Å². The Balaban J connectivity index is 2.19. The molecule has 79 heavy (non-hydrogen) atoms. The van der Waals surface area contributed by atoms with Gasteiger partial charge in [-0.2, -0.15) is 0 Å². The Morgan fingerprint density at radius 2 is 0.797 bits per heavy atom. The lowest BCUT2D eigenvalue weighted by Gasteiger charge is -2.40. The Hall–Kier alpha value is -4.45. The predicted molar refractivity (Wildman–Crippen MR) is 335 cm³/mol. The minimum atomic E-state index is -1.59. The largest absolute Gasteiger partial charge is 0.394 e. The van der Waals surface area contributed by atoms with Crippen LogP contribution in [0.5, 0.6) is 0 Å². The Kier molecular flexibility index (Phi) is 52.2. The number of rotatable bonds is 50. The number of amides is 1. The number of allylic oxidation sites excluding steroid dienone is 27. The summed E-state index contributed by atoms with van der Waals surface area (Å²) in [6, 6.07) is -0.847. The molecule has 1 heterocycles. The highest BCUT2D eigenvalue weighted by Gasteiger charge is 2.44. The van der Waals surface area contributed by atoms with Crippen molar-refractivity contribution in [1.82, 2.24) is 5.32 Å². The van der Waals surface area contributed by atoms with E-state index in [2.05, 4.69) is 177 Å². The van der Waals surface area contributed by atoms with E-state index in [-0.39, 0.29) is 12.5 Å². The highest BCUT2D eigenvalue weighted by Crippen LogP contribution is 2.22. The lowest BCUT2D eigenvalue weighted by atomic mass is 9.99. The summed E-state index contributed by atoms with van der Waals surface area (Å²) < 4.78 is 11.2. The fourth-order valence-electron chi connectivity index (χ4n) is 8.43. The lowest BCUT2D eigenvalue weighted by Crippen LogP contribution is -2.60. The van der Waals surface area contributed by atoms with Gasteiger partial charge in [-0.1, -0.05) is 242 Å². The predicted octanol–water partition coefficient (Wildman–Crippen LogP) is 16.2. The van der Waals surface area contributed by atoms with Crippen molar-refractivity contribution in [3.8, 4) is 0 Å². The van der Waals surface area contributed by atoms with Gasteiger partial charge in [-0.15, -0.1) is 0 Å². The molecule has 0 aliphatic carbocycles. The fraction of sp³-hybridized carbons (Fsp3) is 0.586. The van der Waals surface area contributed by atoms with Gasteiger partial charge in [-0.25, -0.2) is 0 Å². The van der Waals surface area contributed by atoms with Gasteiger partial charge in [0.15, 0.2) is 6.29 Å². The maximum Gasteiger partial charge on any atom is 0.220 e. The molecule has 0 aromatic heterocycles. The van der Waals surface area contributed by atoms with Crippen LogP contribution in [-0.2, 0) is 14.3 Å². The average Bonchev–Trinajstić information content (AvgIpc) is 3.46. The molecule has 6 N–H and O–H groups in total. The molecule has 0 saturated carbocycles. The summed E-state index contributed by atoms with van der Waals surface area (Å²) in [7, 11) is 0. The summed E-state index contributed by atoms with van der Waals surface area (Å²) in [5.41, 5.74) is 0. The number of nitrogens with one attached hydrogen (secondary N) is 1. The molecule has 7 unspecified atom stereocenters. The minimum absolute atomic E-state index is 0.211. The van der Waals surface area contributed by atoms with Crippen LogP contribution in [0.2, 0.25) is 0 Å². The van der Waals surface area contributed by atoms with E-state index < -0.39 is 49.5 Å². The van der Waals surface area contributed by atoms with Crippen molar-refractivity contribution in [2.75, 3.05) is 13.2 Å². The highest BCUT2D eigenvalue weighted by molar-refractivity contribution is 5.76. The quantitative estimate of drug-likeness (QED) is 0.0261. The van der Waals surface area contributed by atoms with Gasteiger partial charge in [0, 0.05) is 6.42 Å². The number of aliphatic hydroxyl groups excluding tert-OH is 5. The molecule has 1 aliphatic heterocycles. The zero-order valence-electron chi connectivity index (χ0n) is 49.3. The van der Waals surface area contributed by atoms with Crippen LogP contribution in [-0.4, -0.2) is 87.5 Å². The first-order valence-corrected chi connectivity index (χ1v) is 30.9. The molecule has 444 valence electrons. The number of unbranched alkanes of at least 4 members (excludes halogenated alkanes) is 14.